The van der Waals surface area contributed by atoms with Gasteiger partial charge in [0.25, 0.3) is 15.9 Å². The maximum absolute atomic E-state index is 12.4. The number of pyridine rings is 1. The van der Waals surface area contributed by atoms with E-state index in [-0.39, 0.29) is 23.2 Å². The first-order valence-corrected chi connectivity index (χ1v) is 10.1. The van der Waals surface area contributed by atoms with Gasteiger partial charge >= 0.3 is 0 Å². The Hall–Kier alpha value is -3.59. The van der Waals surface area contributed by atoms with Crippen LogP contribution in [0.15, 0.2) is 77.8 Å². The number of nitrogens with one attached hydrogen (secondary N) is 2. The molecule has 0 aliphatic carbocycles. The summed E-state index contributed by atoms with van der Waals surface area (Å²) in [6.45, 7) is -0.200. The molecular formula is C20H19N3O5S. The summed E-state index contributed by atoms with van der Waals surface area (Å²) >= 11 is 0. The third kappa shape index (κ3) is 5.69. The van der Waals surface area contributed by atoms with E-state index in [1.807, 2.05) is 0 Å². The molecule has 2 N–H and O–H groups in total. The number of sulfonamides is 1. The fraction of sp³-hybridized carbons (Fsp3) is 0.100. The summed E-state index contributed by atoms with van der Waals surface area (Å²) in [5, 5.41) is 2.65. The lowest BCUT2D eigenvalue weighted by Crippen LogP contribution is -2.20. The molecule has 0 unspecified atom stereocenters. The maximum atomic E-state index is 12.4. The molecule has 0 saturated carbocycles. The summed E-state index contributed by atoms with van der Waals surface area (Å²) < 4.78 is 37.7. The number of amides is 1. The predicted molar refractivity (Wildman–Crippen MR) is 109 cm³/mol. The third-order valence-electron chi connectivity index (χ3n) is 3.76. The van der Waals surface area contributed by atoms with Crippen molar-refractivity contribution in [2.24, 2.45) is 0 Å². The first-order valence-electron chi connectivity index (χ1n) is 8.57. The van der Waals surface area contributed by atoms with Gasteiger partial charge in [0.2, 0.25) is 0 Å². The van der Waals surface area contributed by atoms with E-state index < -0.39 is 10.0 Å². The topological polar surface area (TPSA) is 107 Å². The van der Waals surface area contributed by atoms with E-state index in [4.69, 9.17) is 9.47 Å². The number of ether oxygens (including phenoxy) is 2. The Balaban J connectivity index is 1.57. The van der Waals surface area contributed by atoms with Gasteiger partial charge in [-0.05, 0) is 48.5 Å². The van der Waals surface area contributed by atoms with Crippen LogP contribution in [0.2, 0.25) is 0 Å². The van der Waals surface area contributed by atoms with Gasteiger partial charge < -0.3 is 14.8 Å². The van der Waals surface area contributed by atoms with Crippen molar-refractivity contribution >= 4 is 27.4 Å². The number of rotatable bonds is 8. The zero-order valence-electron chi connectivity index (χ0n) is 15.5. The minimum atomic E-state index is -3.77. The van der Waals surface area contributed by atoms with Gasteiger partial charge in [-0.3, -0.25) is 9.52 Å². The second kappa shape index (κ2) is 9.07. The molecule has 29 heavy (non-hydrogen) atoms. The first-order chi connectivity index (χ1) is 14.0. The lowest BCUT2D eigenvalue weighted by molar-refractivity contribution is -0.118. The van der Waals surface area contributed by atoms with Crippen molar-refractivity contribution in [1.29, 1.82) is 0 Å². The molecule has 2 aromatic carbocycles. The fourth-order valence-electron chi connectivity index (χ4n) is 2.37. The van der Waals surface area contributed by atoms with Crippen LogP contribution in [0.1, 0.15) is 0 Å². The van der Waals surface area contributed by atoms with E-state index in [9.17, 15) is 13.2 Å². The van der Waals surface area contributed by atoms with Crippen LogP contribution < -0.4 is 19.5 Å². The summed E-state index contributed by atoms with van der Waals surface area (Å²) in [6, 6.07) is 17.6. The molecular weight excluding hydrogens is 394 g/mol. The molecule has 1 aromatic heterocycles. The van der Waals surface area contributed by atoms with Crippen LogP contribution in [-0.4, -0.2) is 33.0 Å². The van der Waals surface area contributed by atoms with Gasteiger partial charge in [0.1, 0.15) is 17.3 Å². The van der Waals surface area contributed by atoms with Crippen LogP contribution in [0.25, 0.3) is 0 Å². The molecule has 9 heteroatoms. The van der Waals surface area contributed by atoms with Gasteiger partial charge in [-0.1, -0.05) is 12.1 Å². The third-order valence-corrected chi connectivity index (χ3v) is 5.13. The van der Waals surface area contributed by atoms with Crippen LogP contribution >= 0.6 is 0 Å². The Kier molecular flexibility index (Phi) is 6.30. The predicted octanol–water partition coefficient (Wildman–Crippen LogP) is 2.91. The largest absolute Gasteiger partial charge is 0.497 e. The van der Waals surface area contributed by atoms with Crippen LogP contribution in [0.5, 0.6) is 11.5 Å². The molecule has 0 bridgehead atoms. The number of hydrogen-bond acceptors (Lipinski definition) is 6. The smallest absolute Gasteiger partial charge is 0.263 e. The minimum absolute atomic E-state index is 0.0498. The van der Waals surface area contributed by atoms with Crippen molar-refractivity contribution in [2.75, 3.05) is 23.8 Å². The SMILES string of the molecule is COc1cccc(OCC(=O)Nc2ccc(S(=O)(=O)Nc3ccccn3)cc2)c1. The van der Waals surface area contributed by atoms with Gasteiger partial charge in [-0.15, -0.1) is 0 Å². The molecule has 8 nitrogen and oxygen atoms in total. The molecule has 150 valence electrons. The zero-order chi connectivity index (χ0) is 20.7. The quantitative estimate of drug-likeness (QED) is 0.588. The zero-order valence-corrected chi connectivity index (χ0v) is 16.3. The van der Waals surface area contributed by atoms with Crippen LogP contribution in [0, 0.1) is 0 Å². The molecule has 0 radical (unpaired) electrons. The highest BCUT2D eigenvalue weighted by atomic mass is 32.2. The van der Waals surface area contributed by atoms with Crippen LogP contribution in [-0.2, 0) is 14.8 Å². The van der Waals surface area contributed by atoms with Crippen molar-refractivity contribution in [1.82, 2.24) is 4.98 Å². The van der Waals surface area contributed by atoms with E-state index in [0.717, 1.165) is 0 Å². The highest BCUT2D eigenvalue weighted by Gasteiger charge is 2.15. The minimum Gasteiger partial charge on any atom is -0.497 e. The molecule has 0 atom stereocenters. The summed E-state index contributed by atoms with van der Waals surface area (Å²) in [4.78, 5) is 16.0. The average molecular weight is 413 g/mol. The normalized spacial score (nSPS) is 10.8. The summed E-state index contributed by atoms with van der Waals surface area (Å²) in [5.74, 6) is 0.968. The van der Waals surface area contributed by atoms with Crippen molar-refractivity contribution in [3.8, 4) is 11.5 Å². The van der Waals surface area contributed by atoms with E-state index in [0.29, 0.717) is 17.2 Å². The molecule has 0 spiro atoms. The van der Waals surface area contributed by atoms with E-state index in [2.05, 4.69) is 15.0 Å². The van der Waals surface area contributed by atoms with Crippen molar-refractivity contribution in [3.63, 3.8) is 0 Å². The number of benzene rings is 2. The number of carbonyl (C=O) groups is 1. The highest BCUT2D eigenvalue weighted by molar-refractivity contribution is 7.92. The lowest BCUT2D eigenvalue weighted by Gasteiger charge is -2.10. The Morgan fingerprint density at radius 2 is 1.76 bits per heavy atom. The van der Waals surface area contributed by atoms with Crippen molar-refractivity contribution in [2.45, 2.75) is 4.90 Å². The molecule has 0 aliphatic rings. The molecule has 0 fully saturated rings. The Morgan fingerprint density at radius 3 is 2.45 bits per heavy atom. The van der Waals surface area contributed by atoms with E-state index >= 15 is 0 Å². The van der Waals surface area contributed by atoms with Crippen molar-refractivity contribution < 1.29 is 22.7 Å². The molecule has 3 rings (SSSR count). The second-order valence-electron chi connectivity index (χ2n) is 5.86. The molecule has 0 aliphatic heterocycles. The lowest BCUT2D eigenvalue weighted by atomic mass is 10.3. The first kappa shape index (κ1) is 20.2. The Morgan fingerprint density at radius 1 is 1.00 bits per heavy atom. The van der Waals surface area contributed by atoms with Crippen LogP contribution in [0.3, 0.4) is 0 Å². The number of aromatic nitrogens is 1. The number of nitrogens with zero attached hydrogens (tertiary/aromatic N) is 1. The monoisotopic (exact) mass is 413 g/mol. The highest BCUT2D eigenvalue weighted by Crippen LogP contribution is 2.19. The molecule has 1 heterocycles. The molecule has 3 aromatic rings. The number of carbonyl (C=O) groups excluding carboxylic acids is 1. The van der Waals surface area contributed by atoms with E-state index in [1.54, 1.807) is 49.6 Å². The van der Waals surface area contributed by atoms with E-state index in [1.165, 1.54) is 30.5 Å². The molecule has 1 amide bonds. The van der Waals surface area contributed by atoms with Gasteiger partial charge in [-0.2, -0.15) is 0 Å². The number of methoxy groups -OCH3 is 1. The average Bonchev–Trinajstić information content (AvgIpc) is 2.73. The summed E-state index contributed by atoms with van der Waals surface area (Å²) in [5.41, 5.74) is 0.445. The van der Waals surface area contributed by atoms with Gasteiger partial charge in [0, 0.05) is 18.0 Å². The standard InChI is InChI=1S/C20H19N3O5S/c1-27-16-5-4-6-17(13-16)28-14-20(24)22-15-8-10-18(11-9-15)29(25,26)23-19-7-2-3-12-21-19/h2-13H,14H2,1H3,(H,21,23)(H,22,24). The number of anilines is 2. The maximum Gasteiger partial charge on any atom is 0.263 e. The fourth-order valence-corrected chi connectivity index (χ4v) is 3.38. The molecule has 0 saturated heterocycles. The Labute approximate surface area is 168 Å². The van der Waals surface area contributed by atoms with Crippen molar-refractivity contribution in [3.05, 3.63) is 72.9 Å². The van der Waals surface area contributed by atoms with Gasteiger partial charge in [0.05, 0.1) is 12.0 Å². The summed E-state index contributed by atoms with van der Waals surface area (Å²) in [7, 11) is -2.23. The van der Waals surface area contributed by atoms with Gasteiger partial charge in [0.15, 0.2) is 6.61 Å². The Bertz CT molecular complexity index is 1070. The second-order valence-corrected chi connectivity index (χ2v) is 7.54. The number of hydrogen-bond donors (Lipinski definition) is 2. The van der Waals surface area contributed by atoms with Crippen LogP contribution in [0.4, 0.5) is 11.5 Å². The summed E-state index contributed by atoms with van der Waals surface area (Å²) in [6.07, 6.45) is 1.49. The van der Waals surface area contributed by atoms with Gasteiger partial charge in [-0.25, -0.2) is 13.4 Å².